The van der Waals surface area contributed by atoms with Gasteiger partial charge in [0.1, 0.15) is 28.6 Å². The Labute approximate surface area is 196 Å². The van der Waals surface area contributed by atoms with Crippen LogP contribution in [0.1, 0.15) is 25.8 Å². The van der Waals surface area contributed by atoms with Crippen molar-refractivity contribution in [3.05, 3.63) is 75.2 Å². The third-order valence-electron chi connectivity index (χ3n) is 4.49. The molecule has 0 atom stereocenters. The Morgan fingerprint density at radius 2 is 2.03 bits per heavy atom. The number of para-hydroxylation sites is 1. The summed E-state index contributed by atoms with van der Waals surface area (Å²) in [6, 6.07) is 13.6. The minimum Gasteiger partial charge on any atom is -0.437 e. The first kappa shape index (κ1) is 24.0. The molecule has 0 spiro atoms. The Hall–Kier alpha value is -3.67. The first-order chi connectivity index (χ1) is 15.9. The molecule has 1 aromatic carbocycles. The summed E-state index contributed by atoms with van der Waals surface area (Å²) in [4.78, 5) is 30.1. The molecule has 0 radical (unpaired) electrons. The number of aromatic nitrogens is 2. The van der Waals surface area contributed by atoms with Crippen molar-refractivity contribution in [3.8, 4) is 17.7 Å². The molecule has 2 heterocycles. The van der Waals surface area contributed by atoms with Gasteiger partial charge in [-0.1, -0.05) is 29.8 Å². The Morgan fingerprint density at radius 1 is 1.27 bits per heavy atom. The van der Waals surface area contributed by atoms with Crippen molar-refractivity contribution in [1.82, 2.24) is 14.7 Å². The average Bonchev–Trinajstić information content (AvgIpc) is 2.80. The minimum absolute atomic E-state index is 0.0477. The fourth-order valence-electron chi connectivity index (χ4n) is 2.90. The van der Waals surface area contributed by atoms with Crippen molar-refractivity contribution < 1.29 is 14.3 Å². The van der Waals surface area contributed by atoms with E-state index in [0.717, 1.165) is 0 Å². The van der Waals surface area contributed by atoms with Gasteiger partial charge >= 0.3 is 0 Å². The van der Waals surface area contributed by atoms with E-state index in [1.54, 1.807) is 48.7 Å². The van der Waals surface area contributed by atoms with Gasteiger partial charge in [-0.3, -0.25) is 14.0 Å². The van der Waals surface area contributed by atoms with Crippen LogP contribution in [0.15, 0.2) is 59.0 Å². The van der Waals surface area contributed by atoms with Crippen molar-refractivity contribution >= 4 is 29.2 Å². The van der Waals surface area contributed by atoms with E-state index < -0.39 is 11.5 Å². The molecule has 9 heteroatoms. The molecule has 0 aliphatic rings. The first-order valence-corrected chi connectivity index (χ1v) is 10.7. The molecule has 8 nitrogen and oxygen atoms in total. The fourth-order valence-corrected chi connectivity index (χ4v) is 3.07. The second-order valence-electron chi connectivity index (χ2n) is 7.30. The van der Waals surface area contributed by atoms with Gasteiger partial charge in [-0.2, -0.15) is 10.2 Å². The van der Waals surface area contributed by atoms with Gasteiger partial charge in [0.05, 0.1) is 11.1 Å². The molecule has 0 unspecified atom stereocenters. The minimum atomic E-state index is -0.608. The van der Waals surface area contributed by atoms with Gasteiger partial charge in [0.2, 0.25) is 5.88 Å². The van der Waals surface area contributed by atoms with Crippen LogP contribution in [0.3, 0.4) is 0 Å². The number of carbonyl (C=O) groups excluding carboxylic acids is 1. The van der Waals surface area contributed by atoms with Crippen molar-refractivity contribution in [1.29, 1.82) is 5.26 Å². The molecular formula is C24H23ClN4O4. The van der Waals surface area contributed by atoms with Crippen molar-refractivity contribution in [3.63, 3.8) is 0 Å². The van der Waals surface area contributed by atoms with Gasteiger partial charge in [0.25, 0.3) is 11.5 Å². The highest BCUT2D eigenvalue weighted by atomic mass is 35.5. The molecule has 33 heavy (non-hydrogen) atoms. The number of hydrogen-bond donors (Lipinski definition) is 1. The van der Waals surface area contributed by atoms with Crippen LogP contribution in [0.5, 0.6) is 11.6 Å². The molecule has 3 aromatic rings. The monoisotopic (exact) mass is 466 g/mol. The lowest BCUT2D eigenvalue weighted by Gasteiger charge is -2.11. The summed E-state index contributed by atoms with van der Waals surface area (Å²) in [5, 5.41) is 12.6. The van der Waals surface area contributed by atoms with Gasteiger partial charge in [0.15, 0.2) is 0 Å². The SMILES string of the molecule is CC(C)OCCCNC(=O)C(C#N)=Cc1c(Oc2ccccc2Cl)nc2ccccn2c1=O. The number of hydrogen-bond acceptors (Lipinski definition) is 6. The van der Waals surface area contributed by atoms with E-state index in [9.17, 15) is 14.9 Å². The van der Waals surface area contributed by atoms with Crippen LogP contribution in [-0.4, -0.2) is 34.5 Å². The summed E-state index contributed by atoms with van der Waals surface area (Å²) < 4.78 is 12.6. The maximum absolute atomic E-state index is 13.2. The number of nitriles is 1. The second kappa shape index (κ2) is 11.3. The number of fused-ring (bicyclic) bond motifs is 1. The molecule has 2 aromatic heterocycles. The average molecular weight is 467 g/mol. The number of benzene rings is 1. The summed E-state index contributed by atoms with van der Waals surface area (Å²) in [7, 11) is 0. The molecule has 0 saturated carbocycles. The number of ether oxygens (including phenoxy) is 2. The molecule has 0 bridgehead atoms. The smallest absolute Gasteiger partial charge is 0.269 e. The van der Waals surface area contributed by atoms with E-state index >= 15 is 0 Å². The standard InChI is InChI=1S/C24H23ClN4O4/c1-16(2)32-13-7-11-27-22(30)17(15-26)14-18-23(33-20-9-4-3-8-19(20)25)28-21-10-5-6-12-29(21)24(18)31/h3-6,8-10,12,14,16H,7,11,13H2,1-2H3,(H,27,30). The number of amides is 1. The van der Waals surface area contributed by atoms with E-state index in [4.69, 9.17) is 21.1 Å². The number of pyridine rings is 1. The normalized spacial score (nSPS) is 11.4. The quantitative estimate of drug-likeness (QED) is 0.290. The number of halogens is 1. The van der Waals surface area contributed by atoms with Gasteiger partial charge in [-0.05, 0) is 50.6 Å². The topological polar surface area (TPSA) is 106 Å². The maximum atomic E-state index is 13.2. The van der Waals surface area contributed by atoms with Crippen LogP contribution >= 0.6 is 11.6 Å². The molecule has 3 rings (SSSR count). The molecule has 1 N–H and O–H groups in total. The third-order valence-corrected chi connectivity index (χ3v) is 4.80. The highest BCUT2D eigenvalue weighted by Crippen LogP contribution is 2.29. The van der Waals surface area contributed by atoms with E-state index in [-0.39, 0.29) is 28.9 Å². The largest absolute Gasteiger partial charge is 0.437 e. The summed E-state index contributed by atoms with van der Waals surface area (Å²) in [5.41, 5.74) is -0.449. The van der Waals surface area contributed by atoms with E-state index in [1.807, 2.05) is 19.9 Å². The zero-order valence-electron chi connectivity index (χ0n) is 18.2. The Kier molecular flexibility index (Phi) is 8.19. The lowest BCUT2D eigenvalue weighted by Crippen LogP contribution is -2.27. The van der Waals surface area contributed by atoms with Crippen LogP contribution in [0.2, 0.25) is 5.02 Å². The molecular weight excluding hydrogens is 444 g/mol. The molecule has 0 fully saturated rings. The van der Waals surface area contributed by atoms with Crippen LogP contribution < -0.4 is 15.6 Å². The van der Waals surface area contributed by atoms with Gasteiger partial charge < -0.3 is 14.8 Å². The number of rotatable bonds is 9. The predicted molar refractivity (Wildman–Crippen MR) is 125 cm³/mol. The van der Waals surface area contributed by atoms with Gasteiger partial charge in [0, 0.05) is 19.3 Å². The highest BCUT2D eigenvalue weighted by molar-refractivity contribution is 6.32. The molecule has 1 amide bonds. The highest BCUT2D eigenvalue weighted by Gasteiger charge is 2.18. The number of nitrogens with zero attached hydrogens (tertiary/aromatic N) is 3. The zero-order chi connectivity index (χ0) is 23.8. The molecule has 0 aliphatic heterocycles. The number of nitrogens with one attached hydrogen (secondary N) is 1. The molecule has 170 valence electrons. The summed E-state index contributed by atoms with van der Waals surface area (Å²) in [6.45, 7) is 4.65. The van der Waals surface area contributed by atoms with Crippen LogP contribution in [0, 0.1) is 11.3 Å². The molecule has 0 saturated heterocycles. The fraction of sp³-hybridized carbons (Fsp3) is 0.250. The lowest BCUT2D eigenvalue weighted by molar-refractivity contribution is -0.117. The van der Waals surface area contributed by atoms with Crippen LogP contribution in [0.25, 0.3) is 11.7 Å². The summed E-state index contributed by atoms with van der Waals surface area (Å²) in [6.07, 6.45) is 3.41. The molecule has 0 aliphatic carbocycles. The zero-order valence-corrected chi connectivity index (χ0v) is 19.0. The lowest BCUT2D eigenvalue weighted by atomic mass is 10.1. The Morgan fingerprint density at radius 3 is 2.76 bits per heavy atom. The van der Waals surface area contributed by atoms with Gasteiger partial charge in [-0.25, -0.2) is 0 Å². The predicted octanol–water partition coefficient (Wildman–Crippen LogP) is 3.98. The van der Waals surface area contributed by atoms with E-state index in [0.29, 0.717) is 30.2 Å². The Bertz CT molecular complexity index is 1280. The second-order valence-corrected chi connectivity index (χ2v) is 7.70. The third kappa shape index (κ3) is 6.19. The van der Waals surface area contributed by atoms with Crippen molar-refractivity contribution in [2.45, 2.75) is 26.4 Å². The number of carbonyl (C=O) groups is 1. The first-order valence-electron chi connectivity index (χ1n) is 10.4. The van der Waals surface area contributed by atoms with Crippen molar-refractivity contribution in [2.75, 3.05) is 13.2 Å². The van der Waals surface area contributed by atoms with Gasteiger partial charge in [-0.15, -0.1) is 0 Å². The summed E-state index contributed by atoms with van der Waals surface area (Å²) >= 11 is 6.19. The van der Waals surface area contributed by atoms with Crippen LogP contribution in [-0.2, 0) is 9.53 Å². The maximum Gasteiger partial charge on any atom is 0.269 e. The Balaban J connectivity index is 1.95. The van der Waals surface area contributed by atoms with Crippen molar-refractivity contribution in [2.24, 2.45) is 0 Å². The van der Waals surface area contributed by atoms with E-state index in [1.165, 1.54) is 10.5 Å². The summed E-state index contributed by atoms with van der Waals surface area (Å²) in [5.74, 6) is -0.386. The van der Waals surface area contributed by atoms with E-state index in [2.05, 4.69) is 10.3 Å². The van der Waals surface area contributed by atoms with Crippen LogP contribution in [0.4, 0.5) is 0 Å².